The summed E-state index contributed by atoms with van der Waals surface area (Å²) in [7, 11) is 0. The Kier molecular flexibility index (Phi) is 3.56. The number of nitrogens with one attached hydrogen (secondary N) is 1. The number of hydrogen-bond acceptors (Lipinski definition) is 3. The van der Waals surface area contributed by atoms with Crippen LogP contribution in [0.15, 0.2) is 48.6 Å². The van der Waals surface area contributed by atoms with Crippen LogP contribution in [0.5, 0.6) is 0 Å². The van der Waals surface area contributed by atoms with Gasteiger partial charge in [0.2, 0.25) is 0 Å². The number of anilines is 2. The summed E-state index contributed by atoms with van der Waals surface area (Å²) in [6.07, 6.45) is 4.20. The van der Waals surface area contributed by atoms with E-state index in [9.17, 15) is 4.39 Å². The number of nitrogens with two attached hydrogens (primary N) is 1. The van der Waals surface area contributed by atoms with Gasteiger partial charge in [-0.15, -0.1) is 0 Å². The summed E-state index contributed by atoms with van der Waals surface area (Å²) in [5.74, 6) is -0.714. The third kappa shape index (κ3) is 2.91. The first-order valence-corrected chi connectivity index (χ1v) is 4.15. The van der Waals surface area contributed by atoms with Crippen molar-refractivity contribution in [3.05, 3.63) is 43.6 Å². The molecule has 0 bridgehead atoms. The average molecular weight is 206 g/mol. The minimum absolute atomic E-state index is 0.0251. The Labute approximate surface area is 87.0 Å². The van der Waals surface area contributed by atoms with Crippen molar-refractivity contribution in [2.45, 2.75) is 0 Å². The molecule has 0 atom stereocenters. The summed E-state index contributed by atoms with van der Waals surface area (Å²) in [5, 5.41) is 2.69. The van der Waals surface area contributed by atoms with Crippen LogP contribution in [0.3, 0.4) is 0 Å². The minimum atomic E-state index is -0.689. The average Bonchev–Trinajstić information content (AvgIpc) is 2.20. The zero-order valence-corrected chi connectivity index (χ0v) is 8.07. The molecule has 0 aliphatic heterocycles. The first-order chi connectivity index (χ1) is 7.15. The molecule has 1 aromatic rings. The highest BCUT2D eigenvalue weighted by atomic mass is 19.1. The topological polar surface area (TPSA) is 63.3 Å². The number of rotatable bonds is 3. The molecule has 5 heteroatoms. The molecule has 1 aromatic heterocycles. The maximum absolute atomic E-state index is 12.9. The molecule has 0 radical (unpaired) electrons. The number of nitrogen functional groups attached to an aromatic ring is 1. The summed E-state index contributed by atoms with van der Waals surface area (Å²) in [6.45, 7) is 6.50. The van der Waals surface area contributed by atoms with Crippen LogP contribution in [0.1, 0.15) is 0 Å². The van der Waals surface area contributed by atoms with E-state index < -0.39 is 5.83 Å². The molecule has 3 N–H and O–H groups in total. The highest BCUT2D eigenvalue weighted by Gasteiger charge is 2.05. The van der Waals surface area contributed by atoms with Crippen LogP contribution >= 0.6 is 0 Å². The molecule has 1 rings (SSSR count). The van der Waals surface area contributed by atoms with Gasteiger partial charge in [-0.1, -0.05) is 13.2 Å². The predicted octanol–water partition coefficient (Wildman–Crippen LogP) is 2.10. The van der Waals surface area contributed by atoms with Crippen molar-refractivity contribution in [1.82, 2.24) is 4.98 Å². The monoisotopic (exact) mass is 206 g/mol. The van der Waals surface area contributed by atoms with E-state index >= 15 is 0 Å². The Balaban J connectivity index is 2.93. The molecule has 0 saturated carbocycles. The van der Waals surface area contributed by atoms with Crippen molar-refractivity contribution in [1.29, 1.82) is 0 Å². The fourth-order valence-electron chi connectivity index (χ4n) is 0.909. The molecule has 0 aliphatic carbocycles. The maximum Gasteiger partial charge on any atom is 0.166 e. The lowest BCUT2D eigenvalue weighted by atomic mass is 10.3. The number of pyridine rings is 1. The number of hydrogen-bond donors (Lipinski definition) is 2. The van der Waals surface area contributed by atoms with Crippen LogP contribution in [0.2, 0.25) is 0 Å². The SMILES string of the molecule is C=CN=C(Nc1ccncc1N)C(=C)F. The zero-order valence-electron chi connectivity index (χ0n) is 8.07. The highest BCUT2D eigenvalue weighted by Crippen LogP contribution is 2.16. The minimum Gasteiger partial charge on any atom is -0.396 e. The molecule has 0 unspecified atom stereocenters. The number of aromatic nitrogens is 1. The van der Waals surface area contributed by atoms with Crippen molar-refractivity contribution < 1.29 is 4.39 Å². The second kappa shape index (κ2) is 4.90. The lowest BCUT2D eigenvalue weighted by Gasteiger charge is -2.08. The molecule has 0 aromatic carbocycles. The van der Waals surface area contributed by atoms with E-state index in [1.54, 1.807) is 6.07 Å². The van der Waals surface area contributed by atoms with E-state index in [1.165, 1.54) is 18.6 Å². The van der Waals surface area contributed by atoms with Gasteiger partial charge in [-0.3, -0.25) is 4.98 Å². The second-order valence-corrected chi connectivity index (χ2v) is 2.65. The van der Waals surface area contributed by atoms with Gasteiger partial charge in [0.25, 0.3) is 0 Å². The lowest BCUT2D eigenvalue weighted by Crippen LogP contribution is -2.13. The highest BCUT2D eigenvalue weighted by molar-refractivity contribution is 6.07. The van der Waals surface area contributed by atoms with Crippen LogP contribution in [0.25, 0.3) is 0 Å². The summed E-state index contributed by atoms with van der Waals surface area (Å²) < 4.78 is 12.9. The fourth-order valence-corrected chi connectivity index (χ4v) is 0.909. The van der Waals surface area contributed by atoms with Crippen molar-refractivity contribution in [2.24, 2.45) is 4.99 Å². The van der Waals surface area contributed by atoms with Gasteiger partial charge in [-0.25, -0.2) is 9.38 Å². The molecule has 0 saturated heterocycles. The van der Waals surface area contributed by atoms with Gasteiger partial charge in [0.05, 0.1) is 17.6 Å². The largest absolute Gasteiger partial charge is 0.396 e. The number of aliphatic imine (C=N–C) groups is 1. The smallest absolute Gasteiger partial charge is 0.166 e. The van der Waals surface area contributed by atoms with Gasteiger partial charge >= 0.3 is 0 Å². The van der Waals surface area contributed by atoms with Crippen molar-refractivity contribution in [3.63, 3.8) is 0 Å². The molecule has 0 fully saturated rings. The quantitative estimate of drug-likeness (QED) is 0.588. The second-order valence-electron chi connectivity index (χ2n) is 2.65. The summed E-state index contributed by atoms with van der Waals surface area (Å²) in [5.41, 5.74) is 6.52. The first-order valence-electron chi connectivity index (χ1n) is 4.15. The molecule has 0 amide bonds. The van der Waals surface area contributed by atoms with Crippen molar-refractivity contribution in [3.8, 4) is 0 Å². The Hall–Kier alpha value is -2.17. The lowest BCUT2D eigenvalue weighted by molar-refractivity contribution is 0.685. The van der Waals surface area contributed by atoms with E-state index in [2.05, 4.69) is 28.5 Å². The van der Waals surface area contributed by atoms with Gasteiger partial charge in [0.1, 0.15) is 0 Å². The van der Waals surface area contributed by atoms with Crippen molar-refractivity contribution >= 4 is 17.2 Å². The van der Waals surface area contributed by atoms with Gasteiger partial charge < -0.3 is 11.1 Å². The van der Waals surface area contributed by atoms with Gasteiger partial charge in [-0.05, 0) is 6.07 Å². The number of amidine groups is 1. The van der Waals surface area contributed by atoms with Crippen LogP contribution < -0.4 is 11.1 Å². The van der Waals surface area contributed by atoms with E-state index in [0.717, 1.165) is 0 Å². The Bertz CT molecular complexity index is 412. The van der Waals surface area contributed by atoms with E-state index in [0.29, 0.717) is 11.4 Å². The van der Waals surface area contributed by atoms with Crippen LogP contribution in [-0.2, 0) is 0 Å². The van der Waals surface area contributed by atoms with E-state index in [4.69, 9.17) is 5.73 Å². The Morgan fingerprint density at radius 1 is 1.67 bits per heavy atom. The molecule has 0 aliphatic rings. The van der Waals surface area contributed by atoms with Crippen LogP contribution in [0.4, 0.5) is 15.8 Å². The van der Waals surface area contributed by atoms with Gasteiger partial charge in [0.15, 0.2) is 11.7 Å². The Morgan fingerprint density at radius 2 is 2.40 bits per heavy atom. The fraction of sp³-hybridized carbons (Fsp3) is 0. The summed E-state index contributed by atoms with van der Waals surface area (Å²) >= 11 is 0. The first kappa shape index (κ1) is 10.9. The third-order valence-electron chi connectivity index (χ3n) is 1.58. The van der Waals surface area contributed by atoms with Gasteiger partial charge in [-0.2, -0.15) is 0 Å². The molecular weight excluding hydrogens is 195 g/mol. The molecule has 15 heavy (non-hydrogen) atoms. The summed E-state index contributed by atoms with van der Waals surface area (Å²) in [6, 6.07) is 1.61. The standard InChI is InChI=1S/C10H11FN4/c1-3-14-10(7(2)11)15-9-4-5-13-6-8(9)12/h3-6H,1-2,12H2,(H,13,14,15). The maximum atomic E-state index is 12.9. The summed E-state index contributed by atoms with van der Waals surface area (Å²) in [4.78, 5) is 7.48. The zero-order chi connectivity index (χ0) is 11.3. The molecule has 0 spiro atoms. The number of nitrogens with zero attached hydrogens (tertiary/aromatic N) is 2. The third-order valence-corrected chi connectivity index (χ3v) is 1.58. The predicted molar refractivity (Wildman–Crippen MR) is 60.2 cm³/mol. The van der Waals surface area contributed by atoms with Crippen LogP contribution in [0, 0.1) is 0 Å². The Morgan fingerprint density at radius 3 is 2.93 bits per heavy atom. The normalized spacial score (nSPS) is 10.9. The molecular formula is C10H11FN4. The van der Waals surface area contributed by atoms with Crippen molar-refractivity contribution in [2.75, 3.05) is 11.1 Å². The van der Waals surface area contributed by atoms with E-state index in [-0.39, 0.29) is 5.84 Å². The molecule has 4 nitrogen and oxygen atoms in total. The van der Waals surface area contributed by atoms with E-state index in [1.807, 2.05) is 0 Å². The number of halogens is 1. The molecule has 78 valence electrons. The van der Waals surface area contributed by atoms with Crippen LogP contribution in [-0.4, -0.2) is 10.8 Å². The van der Waals surface area contributed by atoms with Gasteiger partial charge in [0, 0.05) is 12.4 Å². The molecule has 1 heterocycles.